The molecule has 1 aromatic heterocycles. The lowest BCUT2D eigenvalue weighted by molar-refractivity contribution is 0.103. The number of nitrogens with one attached hydrogen (secondary N) is 1. The maximum atomic E-state index is 13.6. The minimum Gasteiger partial charge on any atom is -0.497 e. The topological polar surface area (TPSA) is 42.1 Å². The van der Waals surface area contributed by atoms with Gasteiger partial charge in [0, 0.05) is 20.5 Å². The van der Waals surface area contributed by atoms with Crippen LogP contribution in [0.25, 0.3) is 22.5 Å². The number of ketones is 1. The number of hydrogen-bond donors (Lipinski definition) is 1. The van der Waals surface area contributed by atoms with Crippen LogP contribution >= 0.6 is 27.7 Å². The molecular formula is C25H20BrNO2S. The lowest BCUT2D eigenvalue weighted by Gasteiger charge is -2.08. The predicted molar refractivity (Wildman–Crippen MR) is 128 cm³/mol. The van der Waals surface area contributed by atoms with Crippen LogP contribution in [0.2, 0.25) is 0 Å². The van der Waals surface area contributed by atoms with Gasteiger partial charge in [-0.2, -0.15) is 0 Å². The summed E-state index contributed by atoms with van der Waals surface area (Å²) in [5.74, 6) is 0.796. The van der Waals surface area contributed by atoms with Gasteiger partial charge in [0.2, 0.25) is 0 Å². The first-order valence-corrected chi connectivity index (χ1v) is 11.4. The van der Waals surface area contributed by atoms with Crippen LogP contribution in [0.5, 0.6) is 5.75 Å². The van der Waals surface area contributed by atoms with Gasteiger partial charge in [0.25, 0.3) is 0 Å². The number of aromatic amines is 1. The number of thioether (sulfide) groups is 1. The zero-order valence-electron chi connectivity index (χ0n) is 16.6. The van der Waals surface area contributed by atoms with Crippen molar-refractivity contribution >= 4 is 33.5 Å². The number of methoxy groups -OCH3 is 1. The number of carbonyl (C=O) groups excluding carboxylic acids is 1. The number of rotatable bonds is 6. The van der Waals surface area contributed by atoms with Crippen LogP contribution in [0.3, 0.4) is 0 Å². The SMILES string of the molecule is COc1ccc(-c2[nH]c(-c3ccccc3Br)c(C(=O)c3ccccc3)c2SC)cc1. The van der Waals surface area contributed by atoms with E-state index in [1.54, 1.807) is 18.9 Å². The fraction of sp³-hybridized carbons (Fsp3) is 0.0800. The van der Waals surface area contributed by atoms with Gasteiger partial charge < -0.3 is 9.72 Å². The standard InChI is InChI=1S/C25H20BrNO2S/c1-29-18-14-12-16(13-15-18)22-25(30-2)21(24(28)17-8-4-3-5-9-17)23(27-22)19-10-6-7-11-20(19)26/h3-15,27H,1-2H3. The Morgan fingerprint density at radius 2 is 1.57 bits per heavy atom. The second-order valence-corrected chi connectivity index (χ2v) is 8.36. The van der Waals surface area contributed by atoms with Crippen molar-refractivity contribution in [1.82, 2.24) is 4.98 Å². The molecule has 0 saturated carbocycles. The molecule has 4 aromatic rings. The van der Waals surface area contributed by atoms with Crippen molar-refractivity contribution in [3.63, 3.8) is 0 Å². The highest BCUT2D eigenvalue weighted by atomic mass is 79.9. The van der Waals surface area contributed by atoms with Crippen molar-refractivity contribution in [2.45, 2.75) is 4.90 Å². The third-order valence-electron chi connectivity index (χ3n) is 4.94. The summed E-state index contributed by atoms with van der Waals surface area (Å²) in [4.78, 5) is 18.1. The zero-order chi connectivity index (χ0) is 21.1. The smallest absolute Gasteiger partial charge is 0.196 e. The predicted octanol–water partition coefficient (Wildman–Crippen LogP) is 7.07. The third kappa shape index (κ3) is 3.83. The fourth-order valence-corrected chi connectivity index (χ4v) is 4.72. The molecule has 0 atom stereocenters. The van der Waals surface area contributed by atoms with Crippen molar-refractivity contribution in [1.29, 1.82) is 0 Å². The second kappa shape index (κ2) is 8.94. The lowest BCUT2D eigenvalue weighted by Crippen LogP contribution is -2.03. The molecular weight excluding hydrogens is 458 g/mol. The summed E-state index contributed by atoms with van der Waals surface area (Å²) >= 11 is 5.22. The van der Waals surface area contributed by atoms with Crippen LogP contribution in [-0.2, 0) is 0 Å². The zero-order valence-corrected chi connectivity index (χ0v) is 19.0. The van der Waals surface area contributed by atoms with E-state index in [0.29, 0.717) is 11.1 Å². The van der Waals surface area contributed by atoms with E-state index in [-0.39, 0.29) is 5.78 Å². The Hall–Kier alpha value is -2.76. The summed E-state index contributed by atoms with van der Waals surface area (Å²) in [7, 11) is 1.65. The van der Waals surface area contributed by atoms with Crippen molar-refractivity contribution in [2.24, 2.45) is 0 Å². The van der Waals surface area contributed by atoms with E-state index in [1.165, 1.54) is 0 Å². The number of benzene rings is 3. The molecule has 0 aliphatic rings. The molecule has 0 amide bonds. The number of aromatic nitrogens is 1. The monoisotopic (exact) mass is 477 g/mol. The van der Waals surface area contributed by atoms with E-state index < -0.39 is 0 Å². The summed E-state index contributed by atoms with van der Waals surface area (Å²) in [6.45, 7) is 0. The van der Waals surface area contributed by atoms with Crippen LogP contribution in [-0.4, -0.2) is 24.1 Å². The molecule has 1 N–H and O–H groups in total. The molecule has 0 radical (unpaired) electrons. The van der Waals surface area contributed by atoms with Crippen molar-refractivity contribution in [3.8, 4) is 28.3 Å². The van der Waals surface area contributed by atoms with Gasteiger partial charge in [0.15, 0.2) is 5.78 Å². The summed E-state index contributed by atoms with van der Waals surface area (Å²) in [6, 6.07) is 25.2. The Bertz CT molecular complexity index is 1180. The number of H-pyrrole nitrogens is 1. The molecule has 0 aliphatic carbocycles. The van der Waals surface area contributed by atoms with Crippen LogP contribution < -0.4 is 4.74 Å². The van der Waals surface area contributed by atoms with Gasteiger partial charge in [-0.25, -0.2) is 0 Å². The van der Waals surface area contributed by atoms with Crippen LogP contribution in [0.1, 0.15) is 15.9 Å². The molecule has 3 nitrogen and oxygen atoms in total. The van der Waals surface area contributed by atoms with Gasteiger partial charge >= 0.3 is 0 Å². The molecule has 0 saturated heterocycles. The quantitative estimate of drug-likeness (QED) is 0.238. The van der Waals surface area contributed by atoms with Gasteiger partial charge in [-0.1, -0.05) is 64.5 Å². The molecule has 4 rings (SSSR count). The maximum Gasteiger partial charge on any atom is 0.196 e. The number of hydrogen-bond acceptors (Lipinski definition) is 3. The molecule has 0 bridgehead atoms. The third-order valence-corrected chi connectivity index (χ3v) is 6.45. The van der Waals surface area contributed by atoms with Gasteiger partial charge in [-0.15, -0.1) is 11.8 Å². The van der Waals surface area contributed by atoms with Gasteiger partial charge in [-0.05, 0) is 42.2 Å². The molecule has 0 aliphatic heterocycles. The average molecular weight is 478 g/mol. The number of ether oxygens (including phenoxy) is 1. The Labute approximate surface area is 188 Å². The lowest BCUT2D eigenvalue weighted by atomic mass is 9.99. The van der Waals surface area contributed by atoms with Crippen LogP contribution in [0, 0.1) is 0 Å². The minimum absolute atomic E-state index is 0.00159. The highest BCUT2D eigenvalue weighted by Crippen LogP contribution is 2.42. The van der Waals surface area contributed by atoms with E-state index >= 15 is 0 Å². The van der Waals surface area contributed by atoms with E-state index in [4.69, 9.17) is 4.74 Å². The molecule has 0 spiro atoms. The largest absolute Gasteiger partial charge is 0.497 e. The minimum atomic E-state index is 0.00159. The van der Waals surface area contributed by atoms with Crippen molar-refractivity contribution in [3.05, 3.63) is 94.5 Å². The highest BCUT2D eigenvalue weighted by molar-refractivity contribution is 9.10. The van der Waals surface area contributed by atoms with E-state index in [1.807, 2.05) is 85.1 Å². The van der Waals surface area contributed by atoms with Gasteiger partial charge in [0.1, 0.15) is 5.75 Å². The summed E-state index contributed by atoms with van der Waals surface area (Å²) in [5.41, 5.74) is 5.04. The summed E-state index contributed by atoms with van der Waals surface area (Å²) in [5, 5.41) is 0. The molecule has 5 heteroatoms. The summed E-state index contributed by atoms with van der Waals surface area (Å²) in [6.07, 6.45) is 2.00. The second-order valence-electron chi connectivity index (χ2n) is 6.69. The molecule has 1 heterocycles. The van der Waals surface area contributed by atoms with E-state index in [2.05, 4.69) is 20.9 Å². The van der Waals surface area contributed by atoms with Crippen LogP contribution in [0.15, 0.2) is 88.2 Å². The Morgan fingerprint density at radius 1 is 0.900 bits per heavy atom. The Morgan fingerprint density at radius 3 is 2.20 bits per heavy atom. The number of halogens is 1. The van der Waals surface area contributed by atoms with Gasteiger partial charge in [-0.3, -0.25) is 4.79 Å². The fourth-order valence-electron chi connectivity index (χ4n) is 3.46. The maximum absolute atomic E-state index is 13.6. The summed E-state index contributed by atoms with van der Waals surface area (Å²) < 4.78 is 6.23. The molecule has 0 fully saturated rings. The molecule has 150 valence electrons. The van der Waals surface area contributed by atoms with Crippen LogP contribution in [0.4, 0.5) is 0 Å². The molecule has 0 unspecified atom stereocenters. The first kappa shape index (κ1) is 20.5. The van der Waals surface area contributed by atoms with Crippen molar-refractivity contribution in [2.75, 3.05) is 13.4 Å². The Balaban J connectivity index is 1.97. The van der Waals surface area contributed by atoms with Gasteiger partial charge in [0.05, 0.1) is 24.1 Å². The van der Waals surface area contributed by atoms with E-state index in [0.717, 1.165) is 37.6 Å². The first-order chi connectivity index (χ1) is 14.6. The normalized spacial score (nSPS) is 10.8. The number of carbonyl (C=O) groups is 1. The Kier molecular flexibility index (Phi) is 6.11. The first-order valence-electron chi connectivity index (χ1n) is 9.43. The van der Waals surface area contributed by atoms with Crippen molar-refractivity contribution < 1.29 is 9.53 Å². The highest BCUT2D eigenvalue weighted by Gasteiger charge is 2.26. The average Bonchev–Trinajstić information content (AvgIpc) is 3.18. The van der Waals surface area contributed by atoms with E-state index in [9.17, 15) is 4.79 Å². The molecule has 3 aromatic carbocycles. The molecule has 30 heavy (non-hydrogen) atoms.